The van der Waals surface area contributed by atoms with E-state index in [2.05, 4.69) is 15.6 Å². The topological polar surface area (TPSA) is 77.0 Å². The fraction of sp³-hybridized carbons (Fsp3) is 0.609. The molecular weight excluding hydrogens is 505 g/mol. The number of aliphatic imine (C=N–C) groups is 1. The van der Waals surface area contributed by atoms with E-state index in [0.717, 1.165) is 56.8 Å². The Morgan fingerprint density at radius 3 is 2.61 bits per heavy atom. The van der Waals surface area contributed by atoms with Crippen molar-refractivity contribution in [2.24, 2.45) is 10.9 Å². The molecule has 0 radical (unpaired) electrons. The summed E-state index contributed by atoms with van der Waals surface area (Å²) in [4.78, 5) is 32.7. The molecule has 0 aromatic heterocycles. The third-order valence-corrected chi connectivity index (χ3v) is 6.06. The van der Waals surface area contributed by atoms with Crippen molar-refractivity contribution < 1.29 is 9.59 Å². The molecule has 1 atom stereocenters. The van der Waals surface area contributed by atoms with Gasteiger partial charge in [0.05, 0.1) is 0 Å². The number of carbonyl (C=O) groups excluding carboxylic acids is 2. The van der Waals surface area contributed by atoms with Gasteiger partial charge in [0.2, 0.25) is 5.91 Å². The predicted molar refractivity (Wildman–Crippen MR) is 135 cm³/mol. The average Bonchev–Trinajstić information content (AvgIpc) is 3.44. The molecule has 1 heterocycles. The molecule has 1 aliphatic heterocycles. The summed E-state index contributed by atoms with van der Waals surface area (Å²) in [5, 5.41) is 6.81. The Hall–Kier alpha value is -1.84. The molecule has 0 spiro atoms. The van der Waals surface area contributed by atoms with Gasteiger partial charge in [-0.2, -0.15) is 0 Å². The zero-order chi connectivity index (χ0) is 21.5. The van der Waals surface area contributed by atoms with Crippen LogP contribution in [0.25, 0.3) is 0 Å². The summed E-state index contributed by atoms with van der Waals surface area (Å²) in [7, 11) is 5.29. The van der Waals surface area contributed by atoms with Gasteiger partial charge in [-0.25, -0.2) is 0 Å². The second-order valence-electron chi connectivity index (χ2n) is 8.54. The molecule has 2 fully saturated rings. The predicted octanol–water partition coefficient (Wildman–Crippen LogP) is 2.51. The van der Waals surface area contributed by atoms with Crippen molar-refractivity contribution in [2.75, 3.05) is 40.8 Å². The van der Waals surface area contributed by atoms with Crippen LogP contribution in [0.3, 0.4) is 0 Å². The lowest BCUT2D eigenvalue weighted by atomic mass is 10.1. The molecule has 1 unspecified atom stereocenters. The summed E-state index contributed by atoms with van der Waals surface area (Å²) in [6, 6.07) is 7.99. The lowest BCUT2D eigenvalue weighted by molar-refractivity contribution is -0.134. The number of carbonyl (C=O) groups is 2. The van der Waals surface area contributed by atoms with Crippen LogP contribution in [0.5, 0.6) is 0 Å². The second-order valence-corrected chi connectivity index (χ2v) is 8.54. The highest BCUT2D eigenvalue weighted by molar-refractivity contribution is 14.0. The Balaban J connectivity index is 0.00000341. The maximum absolute atomic E-state index is 12.6. The fourth-order valence-corrected chi connectivity index (χ4v) is 4.34. The third kappa shape index (κ3) is 7.08. The Kier molecular flexibility index (Phi) is 10.1. The zero-order valence-electron chi connectivity index (χ0n) is 18.9. The van der Waals surface area contributed by atoms with Gasteiger partial charge in [0.1, 0.15) is 0 Å². The van der Waals surface area contributed by atoms with Gasteiger partial charge >= 0.3 is 0 Å². The van der Waals surface area contributed by atoms with Crippen LogP contribution in [0.1, 0.15) is 48.0 Å². The molecule has 31 heavy (non-hydrogen) atoms. The van der Waals surface area contributed by atoms with Crippen molar-refractivity contribution in [3.05, 3.63) is 35.4 Å². The van der Waals surface area contributed by atoms with Crippen LogP contribution in [-0.4, -0.2) is 74.4 Å². The highest BCUT2D eigenvalue weighted by Crippen LogP contribution is 2.27. The molecular formula is C23H36IN5O2. The van der Waals surface area contributed by atoms with E-state index in [1.807, 2.05) is 29.2 Å². The summed E-state index contributed by atoms with van der Waals surface area (Å²) in [6.45, 7) is 2.30. The zero-order valence-corrected chi connectivity index (χ0v) is 21.2. The van der Waals surface area contributed by atoms with E-state index in [1.165, 1.54) is 12.8 Å². The maximum atomic E-state index is 12.6. The summed E-state index contributed by atoms with van der Waals surface area (Å²) in [6.07, 6.45) is 6.24. The van der Waals surface area contributed by atoms with Gasteiger partial charge in [0.25, 0.3) is 5.91 Å². The van der Waals surface area contributed by atoms with Crippen LogP contribution in [0.15, 0.2) is 29.3 Å². The van der Waals surface area contributed by atoms with Crippen LogP contribution < -0.4 is 10.6 Å². The number of amides is 2. The molecule has 1 aliphatic carbocycles. The number of guanidine groups is 1. The van der Waals surface area contributed by atoms with Crippen LogP contribution in [0.2, 0.25) is 0 Å². The van der Waals surface area contributed by atoms with E-state index >= 15 is 0 Å². The van der Waals surface area contributed by atoms with Gasteiger partial charge in [-0.1, -0.05) is 25.0 Å². The normalized spacial score (nSPS) is 19.1. The molecule has 2 amide bonds. The number of halogens is 1. The van der Waals surface area contributed by atoms with Crippen molar-refractivity contribution >= 4 is 41.8 Å². The quantitative estimate of drug-likeness (QED) is 0.330. The first-order chi connectivity index (χ1) is 14.5. The van der Waals surface area contributed by atoms with Crippen LogP contribution in [0.4, 0.5) is 0 Å². The summed E-state index contributed by atoms with van der Waals surface area (Å²) in [5.41, 5.74) is 1.82. The summed E-state index contributed by atoms with van der Waals surface area (Å²) < 4.78 is 0. The van der Waals surface area contributed by atoms with Crippen LogP contribution >= 0.6 is 24.0 Å². The number of nitrogens with one attached hydrogen (secondary N) is 2. The molecule has 1 saturated heterocycles. The van der Waals surface area contributed by atoms with Crippen molar-refractivity contribution in [1.29, 1.82) is 0 Å². The average molecular weight is 541 g/mol. The Labute approximate surface area is 203 Å². The molecule has 7 nitrogen and oxygen atoms in total. The van der Waals surface area contributed by atoms with Crippen molar-refractivity contribution in [2.45, 2.75) is 44.6 Å². The number of nitrogens with zero attached hydrogens (tertiary/aromatic N) is 3. The molecule has 1 aromatic carbocycles. The lowest BCUT2D eigenvalue weighted by Gasteiger charge is -2.21. The number of hydrogen-bond acceptors (Lipinski definition) is 3. The monoisotopic (exact) mass is 541 g/mol. The van der Waals surface area contributed by atoms with Crippen molar-refractivity contribution in [1.82, 2.24) is 20.4 Å². The van der Waals surface area contributed by atoms with Gasteiger partial charge in [-0.3, -0.25) is 14.6 Å². The van der Waals surface area contributed by atoms with Crippen molar-refractivity contribution in [3.8, 4) is 0 Å². The number of hydrogen-bond donors (Lipinski definition) is 2. The Bertz CT molecular complexity index is 777. The largest absolute Gasteiger partial charge is 0.356 e. The summed E-state index contributed by atoms with van der Waals surface area (Å²) in [5.74, 6) is 1.36. The Morgan fingerprint density at radius 2 is 1.94 bits per heavy atom. The van der Waals surface area contributed by atoms with E-state index in [-0.39, 0.29) is 41.8 Å². The van der Waals surface area contributed by atoms with Gasteiger partial charge < -0.3 is 20.4 Å². The lowest BCUT2D eigenvalue weighted by Crippen LogP contribution is -2.45. The first-order valence-corrected chi connectivity index (χ1v) is 11.0. The molecule has 1 saturated carbocycles. The molecule has 0 bridgehead atoms. The van der Waals surface area contributed by atoms with E-state index < -0.39 is 0 Å². The van der Waals surface area contributed by atoms with Gasteiger partial charge in [-0.05, 0) is 43.4 Å². The van der Waals surface area contributed by atoms with Crippen molar-refractivity contribution in [3.63, 3.8) is 0 Å². The second kappa shape index (κ2) is 12.3. The van der Waals surface area contributed by atoms with E-state index in [4.69, 9.17) is 0 Å². The summed E-state index contributed by atoms with van der Waals surface area (Å²) >= 11 is 0. The molecule has 1 aromatic rings. The Morgan fingerprint density at radius 1 is 1.19 bits per heavy atom. The first kappa shape index (κ1) is 25.4. The molecule has 3 rings (SSSR count). The molecule has 2 aliphatic rings. The number of rotatable bonds is 6. The minimum atomic E-state index is 0. The van der Waals surface area contributed by atoms with Gasteiger partial charge in [0.15, 0.2) is 5.96 Å². The molecule has 8 heteroatoms. The van der Waals surface area contributed by atoms with E-state index in [9.17, 15) is 9.59 Å². The van der Waals surface area contributed by atoms with Crippen LogP contribution in [0, 0.1) is 5.92 Å². The number of likely N-dealkylation sites (tertiary alicyclic amines) is 1. The van der Waals surface area contributed by atoms with E-state index in [1.54, 1.807) is 26.0 Å². The molecule has 2 N–H and O–H groups in total. The minimum Gasteiger partial charge on any atom is -0.356 e. The maximum Gasteiger partial charge on any atom is 0.253 e. The highest BCUT2D eigenvalue weighted by Gasteiger charge is 2.32. The molecule has 172 valence electrons. The standard InChI is InChI=1S/C23H35N5O2.HI/c1-24-23(25-13-11-17-7-6-10-19(15-17)21(29)27(2)3)26-20-12-14-28(16-20)22(30)18-8-4-5-9-18;/h6-7,10,15,18,20H,4-5,8-9,11-14,16H2,1-3H3,(H2,24,25,26);1H. The van der Waals surface area contributed by atoms with Crippen LogP contribution in [-0.2, 0) is 11.2 Å². The number of benzene rings is 1. The SMILES string of the molecule is CN=C(NCCc1cccc(C(=O)N(C)C)c1)NC1CCN(C(=O)C2CCCC2)C1.I. The first-order valence-electron chi connectivity index (χ1n) is 11.0. The third-order valence-electron chi connectivity index (χ3n) is 6.06. The highest BCUT2D eigenvalue weighted by atomic mass is 127. The smallest absolute Gasteiger partial charge is 0.253 e. The van der Waals surface area contributed by atoms with E-state index in [0.29, 0.717) is 11.5 Å². The van der Waals surface area contributed by atoms with Gasteiger partial charge in [-0.15, -0.1) is 24.0 Å². The van der Waals surface area contributed by atoms with Gasteiger partial charge in [0, 0.05) is 58.3 Å². The fourth-order valence-electron chi connectivity index (χ4n) is 4.34. The minimum absolute atomic E-state index is 0.